The second-order valence-corrected chi connectivity index (χ2v) is 4.55. The molecule has 20 heavy (non-hydrogen) atoms. The topological polar surface area (TPSA) is 64.1 Å². The summed E-state index contributed by atoms with van der Waals surface area (Å²) in [6.45, 7) is -0.316. The Morgan fingerprint density at radius 2 is 2.10 bits per heavy atom. The Morgan fingerprint density at radius 1 is 1.40 bits per heavy atom. The lowest BCUT2D eigenvalue weighted by Crippen LogP contribution is -2.18. The molecular weight excluding hydrogens is 295 g/mol. The lowest BCUT2D eigenvalue weighted by Gasteiger charge is -2.15. The zero-order valence-corrected chi connectivity index (χ0v) is 10.9. The maximum Gasteiger partial charge on any atom is 0.416 e. The second-order valence-electron chi connectivity index (χ2n) is 4.14. The number of nitrogens with two attached hydrogens (primary N) is 1. The number of rotatable bonds is 3. The highest BCUT2D eigenvalue weighted by molar-refractivity contribution is 6.32. The van der Waals surface area contributed by atoms with Gasteiger partial charge < -0.3 is 15.4 Å². The highest BCUT2D eigenvalue weighted by Gasteiger charge is 2.31. The quantitative estimate of drug-likeness (QED) is 0.916. The average Bonchev–Trinajstić information content (AvgIpc) is 2.85. The van der Waals surface area contributed by atoms with Gasteiger partial charge in [-0.05, 0) is 18.2 Å². The first-order valence-corrected chi connectivity index (χ1v) is 5.98. The van der Waals surface area contributed by atoms with Crippen LogP contribution in [0.3, 0.4) is 0 Å². The largest absolute Gasteiger partial charge is 0.416 e. The molecule has 0 saturated carbocycles. The summed E-state index contributed by atoms with van der Waals surface area (Å²) in [5, 5.41) is 8.97. The highest BCUT2D eigenvalue weighted by Crippen LogP contribution is 2.33. The second kappa shape index (κ2) is 5.43. The molecule has 4 nitrogen and oxygen atoms in total. The fourth-order valence-electron chi connectivity index (χ4n) is 1.75. The van der Waals surface area contributed by atoms with E-state index < -0.39 is 17.8 Å². The molecule has 0 aliphatic carbocycles. The van der Waals surface area contributed by atoms with E-state index in [9.17, 15) is 13.2 Å². The number of alkyl halides is 3. The zero-order chi connectivity index (χ0) is 14.9. The third-order valence-corrected chi connectivity index (χ3v) is 3.08. The van der Waals surface area contributed by atoms with Gasteiger partial charge in [0.15, 0.2) is 0 Å². The van der Waals surface area contributed by atoms with Gasteiger partial charge in [0.25, 0.3) is 0 Å². The predicted octanol–water partition coefficient (Wildman–Crippen LogP) is 2.54. The Hall–Kier alpha value is -1.57. The van der Waals surface area contributed by atoms with Gasteiger partial charge in [-0.15, -0.1) is 0 Å². The number of aliphatic hydroxyl groups excluding tert-OH is 1. The highest BCUT2D eigenvalue weighted by atomic mass is 35.5. The van der Waals surface area contributed by atoms with E-state index in [0.717, 1.165) is 12.1 Å². The van der Waals surface area contributed by atoms with Crippen molar-refractivity contribution in [3.63, 3.8) is 0 Å². The van der Waals surface area contributed by atoms with E-state index in [4.69, 9.17) is 22.4 Å². The molecule has 2 rings (SSSR count). The van der Waals surface area contributed by atoms with Gasteiger partial charge >= 0.3 is 6.18 Å². The molecule has 108 valence electrons. The zero-order valence-electron chi connectivity index (χ0n) is 10.1. The molecular formula is C12H11ClF3N3O. The molecule has 0 aliphatic rings. The first kappa shape index (κ1) is 14.8. The van der Waals surface area contributed by atoms with Crippen LogP contribution in [0.5, 0.6) is 0 Å². The van der Waals surface area contributed by atoms with E-state index in [1.54, 1.807) is 0 Å². The molecule has 0 saturated heterocycles. The summed E-state index contributed by atoms with van der Waals surface area (Å²) in [5.41, 5.74) is 5.63. The van der Waals surface area contributed by atoms with Crippen LogP contribution in [-0.2, 0) is 6.18 Å². The number of hydrogen-bond acceptors (Lipinski definition) is 3. The molecule has 1 heterocycles. The number of hydrogen-bond donors (Lipinski definition) is 2. The molecule has 1 unspecified atom stereocenters. The summed E-state index contributed by atoms with van der Waals surface area (Å²) >= 11 is 5.89. The van der Waals surface area contributed by atoms with Crippen LogP contribution >= 0.6 is 11.6 Å². The van der Waals surface area contributed by atoms with Crippen molar-refractivity contribution in [2.24, 2.45) is 5.73 Å². The van der Waals surface area contributed by atoms with Crippen LogP contribution < -0.4 is 5.73 Å². The summed E-state index contributed by atoms with van der Waals surface area (Å²) in [6, 6.07) is 2.30. The maximum absolute atomic E-state index is 12.6. The van der Waals surface area contributed by atoms with Crippen molar-refractivity contribution in [3.8, 4) is 5.69 Å². The number of halogens is 4. The molecule has 3 N–H and O–H groups in total. The van der Waals surface area contributed by atoms with Crippen LogP contribution in [-0.4, -0.2) is 21.3 Å². The van der Waals surface area contributed by atoms with Crippen LogP contribution in [0.1, 0.15) is 17.3 Å². The standard InChI is InChI=1S/C12H11ClF3N3O/c13-8-3-7(12(14,15)16)1-2-10(8)19-6-18-4-11(19)9(17)5-20/h1-4,6,9,20H,5,17H2. The molecule has 0 amide bonds. The molecule has 0 fully saturated rings. The molecule has 0 radical (unpaired) electrons. The van der Waals surface area contributed by atoms with E-state index in [2.05, 4.69) is 4.98 Å². The van der Waals surface area contributed by atoms with Crippen LogP contribution in [0, 0.1) is 0 Å². The SMILES string of the molecule is NC(CO)c1cncn1-c1ccc(C(F)(F)F)cc1Cl. The normalized spacial score (nSPS) is 13.5. The molecule has 8 heteroatoms. The molecule has 0 aliphatic heterocycles. The first-order valence-electron chi connectivity index (χ1n) is 5.60. The van der Waals surface area contributed by atoms with Gasteiger partial charge in [0, 0.05) is 0 Å². The fraction of sp³-hybridized carbons (Fsp3) is 0.250. The Balaban J connectivity index is 2.47. The number of benzene rings is 1. The van der Waals surface area contributed by atoms with E-state index in [1.165, 1.54) is 23.2 Å². The minimum Gasteiger partial charge on any atom is -0.394 e. The van der Waals surface area contributed by atoms with E-state index >= 15 is 0 Å². The van der Waals surface area contributed by atoms with Gasteiger partial charge in [-0.1, -0.05) is 11.6 Å². The third kappa shape index (κ3) is 2.79. The van der Waals surface area contributed by atoms with Gasteiger partial charge in [0.2, 0.25) is 0 Å². The minimum atomic E-state index is -4.46. The van der Waals surface area contributed by atoms with Gasteiger partial charge in [-0.25, -0.2) is 4.98 Å². The fourth-order valence-corrected chi connectivity index (χ4v) is 2.02. The van der Waals surface area contributed by atoms with E-state index in [0.29, 0.717) is 11.4 Å². The monoisotopic (exact) mass is 305 g/mol. The molecule has 1 aromatic heterocycles. The summed E-state index contributed by atoms with van der Waals surface area (Å²) in [5.74, 6) is 0. The van der Waals surface area contributed by atoms with Crippen LogP contribution in [0.4, 0.5) is 13.2 Å². The van der Waals surface area contributed by atoms with Gasteiger partial charge in [-0.2, -0.15) is 13.2 Å². The molecule has 1 aromatic carbocycles. The van der Waals surface area contributed by atoms with Crippen molar-refractivity contribution in [2.75, 3.05) is 6.61 Å². The molecule has 1 atom stereocenters. The maximum atomic E-state index is 12.6. The average molecular weight is 306 g/mol. The Labute approximate surface area is 117 Å². The third-order valence-electron chi connectivity index (χ3n) is 2.78. The predicted molar refractivity (Wildman–Crippen MR) is 67.6 cm³/mol. The number of nitrogens with zero attached hydrogens (tertiary/aromatic N) is 2. The van der Waals surface area contributed by atoms with Crippen molar-refractivity contribution in [3.05, 3.63) is 47.0 Å². The first-order chi connectivity index (χ1) is 9.34. The van der Waals surface area contributed by atoms with E-state index in [-0.39, 0.29) is 11.6 Å². The molecule has 0 bridgehead atoms. The number of aliphatic hydroxyl groups is 1. The van der Waals surface area contributed by atoms with E-state index in [1.807, 2.05) is 0 Å². The lowest BCUT2D eigenvalue weighted by atomic mass is 10.2. The van der Waals surface area contributed by atoms with Crippen molar-refractivity contribution in [2.45, 2.75) is 12.2 Å². The minimum absolute atomic E-state index is 0.0794. The van der Waals surface area contributed by atoms with Crippen LogP contribution in [0.25, 0.3) is 5.69 Å². The molecule has 2 aromatic rings. The van der Waals surface area contributed by atoms with Gasteiger partial charge in [0.1, 0.15) is 0 Å². The van der Waals surface area contributed by atoms with Crippen molar-refractivity contribution in [1.29, 1.82) is 0 Å². The Kier molecular flexibility index (Phi) is 4.03. The smallest absolute Gasteiger partial charge is 0.394 e. The number of imidazole rings is 1. The lowest BCUT2D eigenvalue weighted by molar-refractivity contribution is -0.137. The van der Waals surface area contributed by atoms with Gasteiger partial charge in [-0.3, -0.25) is 0 Å². The van der Waals surface area contributed by atoms with Crippen molar-refractivity contribution < 1.29 is 18.3 Å². The van der Waals surface area contributed by atoms with Crippen LogP contribution in [0.2, 0.25) is 5.02 Å². The van der Waals surface area contributed by atoms with Crippen LogP contribution in [0.15, 0.2) is 30.7 Å². The van der Waals surface area contributed by atoms with Gasteiger partial charge in [0.05, 0.1) is 47.1 Å². The Bertz CT molecular complexity index is 612. The Morgan fingerprint density at radius 3 is 2.65 bits per heavy atom. The summed E-state index contributed by atoms with van der Waals surface area (Å²) in [6.07, 6.45) is -1.66. The van der Waals surface area contributed by atoms with Crippen molar-refractivity contribution >= 4 is 11.6 Å². The summed E-state index contributed by atoms with van der Waals surface area (Å²) in [4.78, 5) is 3.87. The molecule has 0 spiro atoms. The number of aromatic nitrogens is 2. The summed E-state index contributed by atoms with van der Waals surface area (Å²) < 4.78 is 39.2. The summed E-state index contributed by atoms with van der Waals surface area (Å²) in [7, 11) is 0. The van der Waals surface area contributed by atoms with Crippen molar-refractivity contribution in [1.82, 2.24) is 9.55 Å².